The zero-order valence-electron chi connectivity index (χ0n) is 12.4. The molecule has 0 N–H and O–H groups in total. The first kappa shape index (κ1) is 14.9. The van der Waals surface area contributed by atoms with Gasteiger partial charge in [-0.05, 0) is 35.9 Å². The van der Waals surface area contributed by atoms with Crippen LogP contribution in [0.1, 0.15) is 5.56 Å². The number of fused-ring (bicyclic) bond motifs is 1. The number of benzene rings is 2. The number of rotatable bonds is 2. The van der Waals surface area contributed by atoms with Crippen molar-refractivity contribution in [2.75, 3.05) is 25.7 Å². The van der Waals surface area contributed by atoms with Gasteiger partial charge < -0.3 is 14.4 Å². The van der Waals surface area contributed by atoms with Gasteiger partial charge in [0, 0.05) is 28.9 Å². The van der Waals surface area contributed by atoms with Crippen LogP contribution in [0.4, 0.5) is 5.69 Å². The smallest absolute Gasteiger partial charge is 0.252 e. The summed E-state index contributed by atoms with van der Waals surface area (Å²) in [6.45, 7) is 0.503. The van der Waals surface area contributed by atoms with Crippen molar-refractivity contribution in [1.82, 2.24) is 0 Å². The van der Waals surface area contributed by atoms with Crippen molar-refractivity contribution in [1.29, 1.82) is 0 Å². The van der Waals surface area contributed by atoms with Crippen molar-refractivity contribution in [3.8, 4) is 16.9 Å². The third kappa shape index (κ3) is 2.67. The molecule has 4 nitrogen and oxygen atoms in total. The van der Waals surface area contributed by atoms with Crippen LogP contribution in [-0.2, 0) is 16.1 Å². The fraction of sp³-hybridized carbons (Fsp3) is 0.235. The molecule has 0 aliphatic carbocycles. The highest BCUT2D eigenvalue weighted by atomic mass is 35.5. The molecule has 0 fully saturated rings. The molecule has 114 valence electrons. The fourth-order valence-electron chi connectivity index (χ4n) is 2.58. The van der Waals surface area contributed by atoms with Gasteiger partial charge in [-0.2, -0.15) is 0 Å². The van der Waals surface area contributed by atoms with Gasteiger partial charge in [-0.1, -0.05) is 17.7 Å². The molecule has 3 rings (SSSR count). The molecule has 5 heteroatoms. The highest BCUT2D eigenvalue weighted by molar-refractivity contribution is 6.31. The van der Waals surface area contributed by atoms with E-state index in [1.807, 2.05) is 30.3 Å². The largest absolute Gasteiger partial charge is 0.496 e. The predicted molar refractivity (Wildman–Crippen MR) is 86.5 cm³/mol. The molecule has 1 amide bonds. The number of nitrogens with zero attached hydrogens (tertiary/aromatic N) is 1. The van der Waals surface area contributed by atoms with E-state index >= 15 is 0 Å². The number of carbonyl (C=O) groups is 1. The molecule has 0 saturated heterocycles. The van der Waals surface area contributed by atoms with Crippen molar-refractivity contribution in [3.05, 3.63) is 47.0 Å². The Morgan fingerprint density at radius 3 is 2.77 bits per heavy atom. The molecule has 1 aliphatic heterocycles. The van der Waals surface area contributed by atoms with Gasteiger partial charge in [-0.3, -0.25) is 4.79 Å². The van der Waals surface area contributed by atoms with E-state index in [0.29, 0.717) is 11.6 Å². The molecule has 0 spiro atoms. The average Bonchev–Trinajstić information content (AvgIpc) is 2.66. The molecule has 0 saturated carbocycles. The molecule has 0 unspecified atom stereocenters. The van der Waals surface area contributed by atoms with Gasteiger partial charge in [-0.15, -0.1) is 0 Å². The lowest BCUT2D eigenvalue weighted by atomic mass is 10.0. The second kappa shape index (κ2) is 5.99. The highest BCUT2D eigenvalue weighted by Gasteiger charge is 2.20. The zero-order chi connectivity index (χ0) is 15.7. The number of hydrogen-bond acceptors (Lipinski definition) is 3. The lowest BCUT2D eigenvalue weighted by Crippen LogP contribution is -2.28. The quantitative estimate of drug-likeness (QED) is 0.851. The number of halogens is 1. The SMILES string of the molecule is COc1ccc(Cl)cc1-c1ccc2c(c1)COCC(=O)N2C. The second-order valence-electron chi connectivity index (χ2n) is 5.13. The summed E-state index contributed by atoms with van der Waals surface area (Å²) in [5.74, 6) is 0.704. The first-order chi connectivity index (χ1) is 10.6. The Morgan fingerprint density at radius 2 is 2.00 bits per heavy atom. The van der Waals surface area contributed by atoms with E-state index in [9.17, 15) is 4.79 Å². The van der Waals surface area contributed by atoms with E-state index in [2.05, 4.69) is 0 Å². The Morgan fingerprint density at radius 1 is 1.18 bits per heavy atom. The van der Waals surface area contributed by atoms with Crippen molar-refractivity contribution in [2.24, 2.45) is 0 Å². The summed E-state index contributed by atoms with van der Waals surface area (Å²) in [5.41, 5.74) is 3.72. The Hall–Kier alpha value is -2.04. The summed E-state index contributed by atoms with van der Waals surface area (Å²) in [6.07, 6.45) is 0. The first-order valence-corrected chi connectivity index (χ1v) is 7.29. The summed E-state index contributed by atoms with van der Waals surface area (Å²) in [4.78, 5) is 13.5. The molecule has 22 heavy (non-hydrogen) atoms. The number of likely N-dealkylation sites (N-methyl/N-ethyl adjacent to an activating group) is 1. The third-order valence-corrected chi connectivity index (χ3v) is 4.01. The Labute approximate surface area is 134 Å². The van der Waals surface area contributed by atoms with Crippen molar-refractivity contribution in [2.45, 2.75) is 6.61 Å². The zero-order valence-corrected chi connectivity index (χ0v) is 13.2. The summed E-state index contributed by atoms with van der Waals surface area (Å²) in [7, 11) is 3.39. The standard InChI is InChI=1S/C17H16ClNO3/c1-19-15-5-3-11(7-12(15)9-22-10-17(19)20)14-8-13(18)4-6-16(14)21-2/h3-8H,9-10H2,1-2H3. The second-order valence-corrected chi connectivity index (χ2v) is 5.57. The summed E-state index contributed by atoms with van der Waals surface area (Å²) < 4.78 is 10.8. The fourth-order valence-corrected chi connectivity index (χ4v) is 2.75. The maximum absolute atomic E-state index is 11.8. The minimum absolute atomic E-state index is 0.0492. The van der Waals surface area contributed by atoms with E-state index < -0.39 is 0 Å². The topological polar surface area (TPSA) is 38.8 Å². The summed E-state index contributed by atoms with van der Waals surface area (Å²) >= 11 is 6.10. The Balaban J connectivity index is 2.10. The molecular formula is C17H16ClNO3. The molecule has 2 aromatic carbocycles. The van der Waals surface area contributed by atoms with Crippen LogP contribution < -0.4 is 9.64 Å². The van der Waals surface area contributed by atoms with E-state index in [-0.39, 0.29) is 12.5 Å². The van der Waals surface area contributed by atoms with Crippen LogP contribution in [0.3, 0.4) is 0 Å². The maximum Gasteiger partial charge on any atom is 0.252 e. The van der Waals surface area contributed by atoms with Crippen LogP contribution in [0.25, 0.3) is 11.1 Å². The molecule has 0 atom stereocenters. The van der Waals surface area contributed by atoms with Gasteiger partial charge in [0.05, 0.1) is 13.7 Å². The number of ether oxygens (including phenoxy) is 2. The van der Waals surface area contributed by atoms with Crippen LogP contribution in [-0.4, -0.2) is 26.7 Å². The summed E-state index contributed by atoms with van der Waals surface area (Å²) in [5, 5.41) is 0.647. The van der Waals surface area contributed by atoms with Gasteiger partial charge in [0.1, 0.15) is 12.4 Å². The molecule has 2 aromatic rings. The Bertz CT molecular complexity index is 730. The van der Waals surface area contributed by atoms with Gasteiger partial charge in [0.2, 0.25) is 0 Å². The predicted octanol–water partition coefficient (Wildman–Crippen LogP) is 3.51. The highest BCUT2D eigenvalue weighted by Crippen LogP contribution is 2.35. The van der Waals surface area contributed by atoms with Crippen LogP contribution >= 0.6 is 11.6 Å². The number of anilines is 1. The number of carbonyl (C=O) groups excluding carboxylic acids is 1. The maximum atomic E-state index is 11.8. The van der Waals surface area contributed by atoms with Crippen molar-refractivity contribution >= 4 is 23.2 Å². The Kier molecular flexibility index (Phi) is 4.05. The molecular weight excluding hydrogens is 302 g/mol. The van der Waals surface area contributed by atoms with E-state index in [1.165, 1.54) is 0 Å². The third-order valence-electron chi connectivity index (χ3n) is 3.77. The van der Waals surface area contributed by atoms with Gasteiger partial charge in [-0.25, -0.2) is 0 Å². The monoisotopic (exact) mass is 317 g/mol. The molecule has 0 bridgehead atoms. The van der Waals surface area contributed by atoms with Gasteiger partial charge in [0.25, 0.3) is 5.91 Å². The molecule has 0 aromatic heterocycles. The van der Waals surface area contributed by atoms with Gasteiger partial charge >= 0.3 is 0 Å². The number of methoxy groups -OCH3 is 1. The normalized spacial score (nSPS) is 14.5. The molecule has 1 heterocycles. The first-order valence-electron chi connectivity index (χ1n) is 6.91. The molecule has 1 aliphatic rings. The minimum atomic E-state index is -0.0492. The van der Waals surface area contributed by atoms with Crippen LogP contribution in [0, 0.1) is 0 Å². The lowest BCUT2D eigenvalue weighted by molar-refractivity contribution is -0.122. The van der Waals surface area contributed by atoms with Gasteiger partial charge in [0.15, 0.2) is 0 Å². The van der Waals surface area contributed by atoms with E-state index in [1.54, 1.807) is 25.1 Å². The number of amides is 1. The number of hydrogen-bond donors (Lipinski definition) is 0. The molecule has 0 radical (unpaired) electrons. The average molecular weight is 318 g/mol. The van der Waals surface area contributed by atoms with E-state index in [0.717, 1.165) is 28.1 Å². The minimum Gasteiger partial charge on any atom is -0.496 e. The van der Waals surface area contributed by atoms with Crippen LogP contribution in [0.5, 0.6) is 5.75 Å². The summed E-state index contributed by atoms with van der Waals surface area (Å²) in [6, 6.07) is 11.4. The van der Waals surface area contributed by atoms with Crippen molar-refractivity contribution in [3.63, 3.8) is 0 Å². The van der Waals surface area contributed by atoms with Crippen LogP contribution in [0.15, 0.2) is 36.4 Å². The van der Waals surface area contributed by atoms with Crippen molar-refractivity contribution < 1.29 is 14.3 Å². The lowest BCUT2D eigenvalue weighted by Gasteiger charge is -2.18. The van der Waals surface area contributed by atoms with Crippen LogP contribution in [0.2, 0.25) is 5.02 Å². The van der Waals surface area contributed by atoms with E-state index in [4.69, 9.17) is 21.1 Å².